The Bertz CT molecular complexity index is 236. The molecular formula is C12H21NO3. The van der Waals surface area contributed by atoms with E-state index in [1.54, 1.807) is 7.05 Å². The third-order valence-electron chi connectivity index (χ3n) is 3.42. The minimum absolute atomic E-state index is 0.337. The lowest BCUT2D eigenvalue weighted by Crippen LogP contribution is -2.39. The monoisotopic (exact) mass is 227 g/mol. The topological polar surface area (TPSA) is 46.6 Å². The molecule has 0 aromatic carbocycles. The number of ether oxygens (including phenoxy) is 1. The Kier molecular flexibility index (Phi) is 5.29. The fourth-order valence-electron chi connectivity index (χ4n) is 2.35. The number of carbonyl (C=O) groups is 2. The lowest BCUT2D eigenvalue weighted by molar-refractivity contribution is -0.112. The quantitative estimate of drug-likeness (QED) is 0.692. The van der Waals surface area contributed by atoms with Crippen LogP contribution in [0.4, 0.5) is 4.79 Å². The maximum absolute atomic E-state index is 11.3. The highest BCUT2D eigenvalue weighted by atomic mass is 16.5. The number of nitrogens with zero attached hydrogens (tertiary/aromatic N) is 1. The molecule has 1 atom stereocenters. The number of rotatable bonds is 4. The zero-order valence-electron chi connectivity index (χ0n) is 10.1. The summed E-state index contributed by atoms with van der Waals surface area (Å²) in [4.78, 5) is 23.7. The Hall–Kier alpha value is -1.06. The van der Waals surface area contributed by atoms with Crippen LogP contribution in [0, 0.1) is 5.92 Å². The van der Waals surface area contributed by atoms with E-state index in [0.717, 1.165) is 12.7 Å². The molecule has 0 aromatic rings. The van der Waals surface area contributed by atoms with Gasteiger partial charge < -0.3 is 14.4 Å². The molecular weight excluding hydrogens is 206 g/mol. The molecule has 0 aliphatic heterocycles. The van der Waals surface area contributed by atoms with Gasteiger partial charge in [-0.2, -0.15) is 0 Å². The van der Waals surface area contributed by atoms with E-state index < -0.39 is 6.09 Å². The summed E-state index contributed by atoms with van der Waals surface area (Å²) in [5.41, 5.74) is 0. The molecule has 0 saturated heterocycles. The van der Waals surface area contributed by atoms with Gasteiger partial charge in [-0.05, 0) is 12.3 Å². The summed E-state index contributed by atoms with van der Waals surface area (Å²) in [6.45, 7) is 0. The number of hydrogen-bond acceptors (Lipinski definition) is 3. The van der Waals surface area contributed by atoms with Crippen molar-refractivity contribution in [2.24, 2.45) is 5.92 Å². The molecule has 92 valence electrons. The van der Waals surface area contributed by atoms with Crippen LogP contribution >= 0.6 is 0 Å². The fourth-order valence-corrected chi connectivity index (χ4v) is 2.35. The predicted molar refractivity (Wildman–Crippen MR) is 61.2 cm³/mol. The van der Waals surface area contributed by atoms with Crippen molar-refractivity contribution in [3.8, 4) is 0 Å². The number of methoxy groups -OCH3 is 1. The van der Waals surface area contributed by atoms with E-state index in [1.807, 2.05) is 0 Å². The molecule has 0 radical (unpaired) electrons. The van der Waals surface area contributed by atoms with Crippen LogP contribution in [0.25, 0.3) is 0 Å². The molecule has 1 rings (SSSR count). The summed E-state index contributed by atoms with van der Waals surface area (Å²) in [7, 11) is 2.95. The fraction of sp³-hybridized carbons (Fsp3) is 0.833. The lowest BCUT2D eigenvalue weighted by atomic mass is 9.85. The zero-order valence-corrected chi connectivity index (χ0v) is 10.1. The van der Waals surface area contributed by atoms with Crippen LogP contribution in [0.3, 0.4) is 0 Å². The van der Waals surface area contributed by atoms with Crippen molar-refractivity contribution < 1.29 is 14.3 Å². The van der Waals surface area contributed by atoms with Crippen LogP contribution < -0.4 is 0 Å². The molecule has 0 spiro atoms. The Morgan fingerprint density at radius 1 is 1.44 bits per heavy atom. The molecule has 1 aliphatic carbocycles. The van der Waals surface area contributed by atoms with Crippen molar-refractivity contribution in [2.45, 2.75) is 44.6 Å². The second-order valence-electron chi connectivity index (χ2n) is 4.52. The van der Waals surface area contributed by atoms with Gasteiger partial charge in [-0.3, -0.25) is 0 Å². The first-order valence-electron chi connectivity index (χ1n) is 5.95. The summed E-state index contributed by atoms with van der Waals surface area (Å²) in [6, 6.07) is -0.337. The van der Waals surface area contributed by atoms with E-state index in [4.69, 9.17) is 0 Å². The van der Waals surface area contributed by atoms with E-state index in [0.29, 0.717) is 5.92 Å². The van der Waals surface area contributed by atoms with Crippen LogP contribution in [-0.2, 0) is 9.53 Å². The predicted octanol–water partition coefficient (Wildman–Crippen LogP) is 2.22. The van der Waals surface area contributed by atoms with Gasteiger partial charge in [0, 0.05) is 7.05 Å². The largest absolute Gasteiger partial charge is 0.453 e. The van der Waals surface area contributed by atoms with Crippen LogP contribution in [0.15, 0.2) is 0 Å². The maximum atomic E-state index is 11.3. The van der Waals surface area contributed by atoms with Crippen molar-refractivity contribution in [3.63, 3.8) is 0 Å². The second kappa shape index (κ2) is 6.51. The molecule has 0 heterocycles. The van der Waals surface area contributed by atoms with Gasteiger partial charge in [0.2, 0.25) is 0 Å². The van der Waals surface area contributed by atoms with Gasteiger partial charge in [0.05, 0.1) is 13.2 Å². The molecule has 0 unspecified atom stereocenters. The summed E-state index contributed by atoms with van der Waals surface area (Å²) in [5.74, 6) is 0.580. The van der Waals surface area contributed by atoms with E-state index >= 15 is 0 Å². The van der Waals surface area contributed by atoms with Crippen molar-refractivity contribution >= 4 is 12.4 Å². The van der Waals surface area contributed by atoms with Crippen molar-refractivity contribution in [1.29, 1.82) is 0 Å². The summed E-state index contributed by atoms with van der Waals surface area (Å²) >= 11 is 0. The van der Waals surface area contributed by atoms with Gasteiger partial charge in [0.25, 0.3) is 0 Å². The molecule has 16 heavy (non-hydrogen) atoms. The Morgan fingerprint density at radius 3 is 2.56 bits per heavy atom. The van der Waals surface area contributed by atoms with Gasteiger partial charge in [-0.15, -0.1) is 0 Å². The third kappa shape index (κ3) is 3.51. The van der Waals surface area contributed by atoms with E-state index in [-0.39, 0.29) is 6.04 Å². The molecule has 1 saturated carbocycles. The first kappa shape index (κ1) is 13.0. The molecule has 1 fully saturated rings. The van der Waals surface area contributed by atoms with Crippen LogP contribution in [0.5, 0.6) is 0 Å². The number of carbonyl (C=O) groups excluding carboxylic acids is 2. The Labute approximate surface area is 96.9 Å². The van der Waals surface area contributed by atoms with Gasteiger partial charge >= 0.3 is 6.09 Å². The highest BCUT2D eigenvalue weighted by Gasteiger charge is 2.24. The second-order valence-corrected chi connectivity index (χ2v) is 4.52. The lowest BCUT2D eigenvalue weighted by Gasteiger charge is -2.28. The summed E-state index contributed by atoms with van der Waals surface area (Å²) < 4.78 is 4.61. The van der Waals surface area contributed by atoms with Gasteiger partial charge in [0.1, 0.15) is 6.29 Å². The Balaban J connectivity index is 2.46. The highest BCUT2D eigenvalue weighted by Crippen LogP contribution is 2.28. The standard InChI is InChI=1S/C12H21NO3/c1-13(12(15)16-2)11(9-14)8-10-6-4-3-5-7-10/h9-11H,3-8H2,1-2H3/t11-/m0/s1. The number of hydrogen-bond donors (Lipinski definition) is 0. The zero-order chi connectivity index (χ0) is 12.0. The number of likely N-dealkylation sites (N-methyl/N-ethyl adjacent to an activating group) is 1. The third-order valence-corrected chi connectivity index (χ3v) is 3.42. The molecule has 1 aliphatic rings. The minimum atomic E-state index is -0.437. The van der Waals surface area contributed by atoms with Crippen LogP contribution in [-0.4, -0.2) is 37.5 Å². The number of amides is 1. The van der Waals surface area contributed by atoms with Gasteiger partial charge in [-0.1, -0.05) is 32.1 Å². The van der Waals surface area contributed by atoms with Crippen molar-refractivity contribution in [1.82, 2.24) is 4.90 Å². The normalized spacial score (nSPS) is 18.9. The smallest absolute Gasteiger partial charge is 0.409 e. The minimum Gasteiger partial charge on any atom is -0.453 e. The average Bonchev–Trinajstić information content (AvgIpc) is 2.35. The van der Waals surface area contributed by atoms with E-state index in [9.17, 15) is 9.59 Å². The van der Waals surface area contributed by atoms with Crippen molar-refractivity contribution in [3.05, 3.63) is 0 Å². The summed E-state index contributed by atoms with van der Waals surface area (Å²) in [6.07, 6.45) is 7.35. The van der Waals surface area contributed by atoms with Crippen LogP contribution in [0.1, 0.15) is 38.5 Å². The SMILES string of the molecule is COC(=O)N(C)[C@H](C=O)CC1CCCCC1. The Morgan fingerprint density at radius 2 is 2.06 bits per heavy atom. The molecule has 0 aromatic heterocycles. The molecule has 4 heteroatoms. The van der Waals surface area contributed by atoms with Crippen molar-refractivity contribution in [2.75, 3.05) is 14.2 Å². The van der Waals surface area contributed by atoms with E-state index in [2.05, 4.69) is 4.74 Å². The first-order valence-corrected chi connectivity index (χ1v) is 5.95. The van der Waals surface area contributed by atoms with E-state index in [1.165, 1.54) is 44.1 Å². The highest BCUT2D eigenvalue weighted by molar-refractivity contribution is 5.72. The molecule has 0 bridgehead atoms. The molecule has 4 nitrogen and oxygen atoms in total. The molecule has 0 N–H and O–H groups in total. The van der Waals surface area contributed by atoms with Gasteiger partial charge in [0.15, 0.2) is 0 Å². The summed E-state index contributed by atoms with van der Waals surface area (Å²) in [5, 5.41) is 0. The first-order chi connectivity index (χ1) is 7.69. The number of aldehydes is 1. The van der Waals surface area contributed by atoms with Crippen LogP contribution in [0.2, 0.25) is 0 Å². The molecule has 1 amide bonds. The average molecular weight is 227 g/mol. The van der Waals surface area contributed by atoms with Gasteiger partial charge in [-0.25, -0.2) is 4.79 Å². The maximum Gasteiger partial charge on any atom is 0.409 e.